The molecule has 1 atom stereocenters. The van der Waals surface area contributed by atoms with Gasteiger partial charge in [0, 0.05) is 0 Å². The average Bonchev–Trinajstić information content (AvgIpc) is 2.14. The van der Waals surface area contributed by atoms with Crippen LogP contribution < -0.4 is 16.2 Å². The van der Waals surface area contributed by atoms with Gasteiger partial charge in [0.25, 0.3) is 0 Å². The number of esters is 1. The van der Waals surface area contributed by atoms with Crippen LogP contribution in [0.3, 0.4) is 0 Å². The predicted octanol–water partition coefficient (Wildman–Crippen LogP) is -0.0125. The highest BCUT2D eigenvalue weighted by Crippen LogP contribution is 2.10. The van der Waals surface area contributed by atoms with Crippen molar-refractivity contribution in [3.8, 4) is 6.01 Å². The molecule has 0 aliphatic rings. The van der Waals surface area contributed by atoms with Crippen LogP contribution in [0.2, 0.25) is 0 Å². The second-order valence-electron chi connectivity index (χ2n) is 3.06. The van der Waals surface area contributed by atoms with Gasteiger partial charge in [0.05, 0.1) is 5.92 Å². The minimum absolute atomic E-state index is 0.0746. The highest BCUT2D eigenvalue weighted by atomic mass is 16.5. The van der Waals surface area contributed by atoms with Crippen molar-refractivity contribution < 1.29 is 9.53 Å². The van der Waals surface area contributed by atoms with Gasteiger partial charge in [-0.05, 0) is 6.42 Å². The van der Waals surface area contributed by atoms with Crippen LogP contribution in [-0.4, -0.2) is 20.9 Å². The zero-order valence-electron chi connectivity index (χ0n) is 8.60. The molecule has 7 heteroatoms. The Labute approximate surface area is 86.9 Å². The SMILES string of the molecule is CCC(C)C(=O)Oc1nc(N)nc(N)n1. The molecule has 7 nitrogen and oxygen atoms in total. The average molecular weight is 211 g/mol. The van der Waals surface area contributed by atoms with Crippen LogP contribution in [0.5, 0.6) is 6.01 Å². The van der Waals surface area contributed by atoms with E-state index in [-0.39, 0.29) is 23.8 Å². The van der Waals surface area contributed by atoms with Crippen LogP contribution >= 0.6 is 0 Å². The van der Waals surface area contributed by atoms with E-state index in [0.29, 0.717) is 6.42 Å². The Morgan fingerprint density at radius 3 is 2.33 bits per heavy atom. The Bertz CT molecular complexity index is 348. The Kier molecular flexibility index (Phi) is 3.37. The smallest absolute Gasteiger partial charge is 0.330 e. The molecule has 0 saturated heterocycles. The summed E-state index contributed by atoms with van der Waals surface area (Å²) in [6.45, 7) is 3.62. The summed E-state index contributed by atoms with van der Waals surface area (Å²) in [5, 5.41) is 0. The zero-order valence-corrected chi connectivity index (χ0v) is 8.60. The topological polar surface area (TPSA) is 117 Å². The first kappa shape index (κ1) is 11.2. The third-order valence-electron chi connectivity index (χ3n) is 1.86. The number of ether oxygens (including phenoxy) is 1. The number of anilines is 2. The lowest BCUT2D eigenvalue weighted by molar-refractivity contribution is -0.138. The molecule has 0 saturated carbocycles. The van der Waals surface area contributed by atoms with Crippen molar-refractivity contribution in [3.05, 3.63) is 0 Å². The maximum Gasteiger partial charge on any atom is 0.330 e. The molecule has 0 fully saturated rings. The van der Waals surface area contributed by atoms with Gasteiger partial charge >= 0.3 is 12.0 Å². The van der Waals surface area contributed by atoms with Gasteiger partial charge in [0.1, 0.15) is 0 Å². The molecule has 0 bridgehead atoms. The fraction of sp³-hybridized carbons (Fsp3) is 0.500. The summed E-state index contributed by atoms with van der Waals surface area (Å²) in [5.74, 6) is -0.782. The van der Waals surface area contributed by atoms with E-state index < -0.39 is 5.97 Å². The van der Waals surface area contributed by atoms with E-state index >= 15 is 0 Å². The number of rotatable bonds is 3. The minimum atomic E-state index is -0.414. The lowest BCUT2D eigenvalue weighted by Gasteiger charge is -2.07. The van der Waals surface area contributed by atoms with Crippen molar-refractivity contribution in [1.29, 1.82) is 0 Å². The summed E-state index contributed by atoms with van der Waals surface area (Å²) in [5.41, 5.74) is 10.6. The molecule has 1 heterocycles. The maximum atomic E-state index is 11.4. The fourth-order valence-electron chi connectivity index (χ4n) is 0.791. The van der Waals surface area contributed by atoms with E-state index in [2.05, 4.69) is 15.0 Å². The normalized spacial score (nSPS) is 12.1. The van der Waals surface area contributed by atoms with E-state index in [0.717, 1.165) is 0 Å². The molecule has 0 aromatic carbocycles. The quantitative estimate of drug-likeness (QED) is 0.675. The monoisotopic (exact) mass is 211 g/mol. The lowest BCUT2D eigenvalue weighted by Crippen LogP contribution is -2.19. The molecule has 1 aromatic heterocycles. The van der Waals surface area contributed by atoms with E-state index in [1.807, 2.05) is 6.92 Å². The number of carbonyl (C=O) groups is 1. The Morgan fingerprint density at radius 2 is 1.87 bits per heavy atom. The van der Waals surface area contributed by atoms with Crippen LogP contribution in [0.1, 0.15) is 20.3 Å². The first-order valence-electron chi connectivity index (χ1n) is 4.51. The zero-order chi connectivity index (χ0) is 11.4. The summed E-state index contributed by atoms with van der Waals surface area (Å²) in [4.78, 5) is 22.2. The van der Waals surface area contributed by atoms with Crippen LogP contribution in [-0.2, 0) is 4.79 Å². The molecule has 4 N–H and O–H groups in total. The van der Waals surface area contributed by atoms with Gasteiger partial charge in [-0.1, -0.05) is 13.8 Å². The van der Waals surface area contributed by atoms with Gasteiger partial charge < -0.3 is 16.2 Å². The molecule has 1 unspecified atom stereocenters. The van der Waals surface area contributed by atoms with Crippen molar-refractivity contribution in [2.75, 3.05) is 11.5 Å². The number of hydrogen-bond donors (Lipinski definition) is 2. The Morgan fingerprint density at radius 1 is 1.33 bits per heavy atom. The van der Waals surface area contributed by atoms with Crippen LogP contribution in [0.15, 0.2) is 0 Å². The third kappa shape index (κ3) is 3.04. The molecule has 15 heavy (non-hydrogen) atoms. The Balaban J connectivity index is 2.76. The molecule has 1 rings (SSSR count). The van der Waals surface area contributed by atoms with Crippen molar-refractivity contribution in [1.82, 2.24) is 15.0 Å². The largest absolute Gasteiger partial charge is 0.390 e. The number of nitrogen functional groups attached to an aromatic ring is 2. The first-order valence-corrected chi connectivity index (χ1v) is 4.51. The molecule has 1 aromatic rings. The number of nitrogens with zero attached hydrogens (tertiary/aromatic N) is 3. The van der Waals surface area contributed by atoms with Gasteiger partial charge in [-0.15, -0.1) is 0 Å². The molecular weight excluding hydrogens is 198 g/mol. The van der Waals surface area contributed by atoms with Crippen molar-refractivity contribution in [2.24, 2.45) is 5.92 Å². The standard InChI is InChI=1S/C8H13N5O2/c1-3-4(2)5(14)15-8-12-6(9)11-7(10)13-8/h4H,3H2,1-2H3,(H4,9,10,11,12,13). The Hall–Kier alpha value is -1.92. The lowest BCUT2D eigenvalue weighted by atomic mass is 10.1. The van der Waals surface area contributed by atoms with E-state index in [1.165, 1.54) is 0 Å². The molecule has 0 radical (unpaired) electrons. The third-order valence-corrected chi connectivity index (χ3v) is 1.86. The van der Waals surface area contributed by atoms with Crippen LogP contribution in [0.4, 0.5) is 11.9 Å². The summed E-state index contributed by atoms with van der Waals surface area (Å²) < 4.78 is 4.87. The molecule has 0 amide bonds. The summed E-state index contributed by atoms with van der Waals surface area (Å²) in [6.07, 6.45) is 0.675. The number of carbonyl (C=O) groups excluding carboxylic acids is 1. The molecule has 0 aliphatic heterocycles. The van der Waals surface area contributed by atoms with E-state index in [4.69, 9.17) is 16.2 Å². The van der Waals surface area contributed by atoms with Gasteiger partial charge in [0.15, 0.2) is 0 Å². The minimum Gasteiger partial charge on any atom is -0.390 e. The van der Waals surface area contributed by atoms with Crippen LogP contribution in [0, 0.1) is 5.92 Å². The van der Waals surface area contributed by atoms with Crippen molar-refractivity contribution in [2.45, 2.75) is 20.3 Å². The molecule has 0 aliphatic carbocycles. The summed E-state index contributed by atoms with van der Waals surface area (Å²) in [6, 6.07) is -0.162. The maximum absolute atomic E-state index is 11.4. The first-order chi connectivity index (χ1) is 7.02. The highest BCUT2D eigenvalue weighted by molar-refractivity contribution is 5.73. The second-order valence-corrected chi connectivity index (χ2v) is 3.06. The number of hydrogen-bond acceptors (Lipinski definition) is 7. The predicted molar refractivity (Wildman–Crippen MR) is 53.7 cm³/mol. The highest BCUT2D eigenvalue weighted by Gasteiger charge is 2.15. The summed E-state index contributed by atoms with van der Waals surface area (Å²) >= 11 is 0. The molecule has 82 valence electrons. The van der Waals surface area contributed by atoms with Crippen molar-refractivity contribution in [3.63, 3.8) is 0 Å². The summed E-state index contributed by atoms with van der Waals surface area (Å²) in [7, 11) is 0. The van der Waals surface area contributed by atoms with Gasteiger partial charge in [-0.3, -0.25) is 4.79 Å². The fourth-order valence-corrected chi connectivity index (χ4v) is 0.791. The molecular formula is C8H13N5O2. The van der Waals surface area contributed by atoms with Gasteiger partial charge in [-0.2, -0.15) is 15.0 Å². The van der Waals surface area contributed by atoms with E-state index in [1.54, 1.807) is 6.92 Å². The van der Waals surface area contributed by atoms with Gasteiger partial charge in [0.2, 0.25) is 11.9 Å². The molecule has 0 spiro atoms. The number of nitrogens with two attached hydrogens (primary N) is 2. The van der Waals surface area contributed by atoms with E-state index in [9.17, 15) is 4.79 Å². The van der Waals surface area contributed by atoms with Crippen LogP contribution in [0.25, 0.3) is 0 Å². The van der Waals surface area contributed by atoms with Gasteiger partial charge in [-0.25, -0.2) is 0 Å². The second kappa shape index (κ2) is 4.54. The van der Waals surface area contributed by atoms with Crippen molar-refractivity contribution >= 4 is 17.9 Å². The number of aromatic nitrogens is 3.